The Hall–Kier alpha value is -2.40. The highest BCUT2D eigenvalue weighted by molar-refractivity contribution is 6.30. The average Bonchev–Trinajstić information content (AvgIpc) is 3.49. The third-order valence-corrected chi connectivity index (χ3v) is 5.18. The summed E-state index contributed by atoms with van der Waals surface area (Å²) in [5, 5.41) is 3.64. The van der Waals surface area contributed by atoms with Crippen LogP contribution in [0.5, 0.6) is 0 Å². The molecule has 5 nitrogen and oxygen atoms in total. The highest BCUT2D eigenvalue weighted by Gasteiger charge is 2.48. The standard InChI is InChI=1S/C21H24ClN3O2/c1-25(13-9-16-6-10-23-11-7-16)21(27)19-14-18(19)20(26)24-12-8-15-2-4-17(22)5-3-15/h2-7,10-11,18-19H,8-9,12-14H2,1H3,(H,24,26). The van der Waals surface area contributed by atoms with E-state index in [4.69, 9.17) is 11.6 Å². The van der Waals surface area contributed by atoms with E-state index in [0.29, 0.717) is 24.5 Å². The molecule has 3 rings (SSSR count). The van der Waals surface area contributed by atoms with E-state index < -0.39 is 0 Å². The first-order valence-corrected chi connectivity index (χ1v) is 9.58. The van der Waals surface area contributed by atoms with Crippen molar-refractivity contribution in [1.82, 2.24) is 15.2 Å². The van der Waals surface area contributed by atoms with Gasteiger partial charge >= 0.3 is 0 Å². The van der Waals surface area contributed by atoms with Crippen LogP contribution in [0.2, 0.25) is 5.02 Å². The van der Waals surface area contributed by atoms with Crippen LogP contribution >= 0.6 is 11.6 Å². The normalized spacial score (nSPS) is 18.0. The molecule has 142 valence electrons. The fraction of sp³-hybridized carbons (Fsp3) is 0.381. The molecule has 0 bridgehead atoms. The lowest BCUT2D eigenvalue weighted by Gasteiger charge is -2.17. The van der Waals surface area contributed by atoms with Crippen molar-refractivity contribution in [3.8, 4) is 0 Å². The fourth-order valence-corrected chi connectivity index (χ4v) is 3.24. The highest BCUT2D eigenvalue weighted by atomic mass is 35.5. The minimum Gasteiger partial charge on any atom is -0.356 e. The zero-order chi connectivity index (χ0) is 19.2. The molecule has 2 atom stereocenters. The number of carbonyl (C=O) groups is 2. The first-order chi connectivity index (χ1) is 13.0. The van der Waals surface area contributed by atoms with E-state index in [1.54, 1.807) is 24.3 Å². The zero-order valence-electron chi connectivity index (χ0n) is 15.4. The second-order valence-electron chi connectivity index (χ2n) is 6.98. The zero-order valence-corrected chi connectivity index (χ0v) is 16.2. The van der Waals surface area contributed by atoms with Crippen LogP contribution in [0.4, 0.5) is 0 Å². The van der Waals surface area contributed by atoms with Gasteiger partial charge < -0.3 is 10.2 Å². The number of benzene rings is 1. The third kappa shape index (κ3) is 5.54. The van der Waals surface area contributed by atoms with Gasteiger partial charge in [-0.15, -0.1) is 0 Å². The van der Waals surface area contributed by atoms with Gasteiger partial charge in [-0.25, -0.2) is 0 Å². The van der Waals surface area contributed by atoms with Crippen molar-refractivity contribution in [2.45, 2.75) is 19.3 Å². The molecule has 1 aromatic carbocycles. The minimum absolute atomic E-state index is 0.0233. The van der Waals surface area contributed by atoms with Gasteiger partial charge in [0.05, 0.1) is 11.8 Å². The summed E-state index contributed by atoms with van der Waals surface area (Å²) >= 11 is 5.87. The highest BCUT2D eigenvalue weighted by Crippen LogP contribution is 2.39. The van der Waals surface area contributed by atoms with Crippen LogP contribution in [-0.4, -0.2) is 41.8 Å². The number of aromatic nitrogens is 1. The summed E-state index contributed by atoms with van der Waals surface area (Å²) in [5.74, 6) is -0.333. The lowest BCUT2D eigenvalue weighted by atomic mass is 10.1. The molecule has 27 heavy (non-hydrogen) atoms. The van der Waals surface area contributed by atoms with E-state index >= 15 is 0 Å². The van der Waals surface area contributed by atoms with Crippen LogP contribution in [0.3, 0.4) is 0 Å². The molecule has 0 radical (unpaired) electrons. The van der Waals surface area contributed by atoms with Gasteiger partial charge in [-0.3, -0.25) is 14.6 Å². The molecule has 2 aromatic rings. The number of pyridine rings is 1. The van der Waals surface area contributed by atoms with Gasteiger partial charge in [-0.2, -0.15) is 0 Å². The lowest BCUT2D eigenvalue weighted by Crippen LogP contribution is -2.33. The number of nitrogens with zero attached hydrogens (tertiary/aromatic N) is 2. The molecule has 0 aliphatic heterocycles. The third-order valence-electron chi connectivity index (χ3n) is 4.93. The molecule has 1 N–H and O–H groups in total. The maximum Gasteiger partial charge on any atom is 0.226 e. The lowest BCUT2D eigenvalue weighted by molar-refractivity contribution is -0.133. The number of carbonyl (C=O) groups excluding carboxylic acids is 2. The van der Waals surface area contributed by atoms with E-state index in [9.17, 15) is 9.59 Å². The van der Waals surface area contributed by atoms with Gasteiger partial charge in [0.15, 0.2) is 0 Å². The fourth-order valence-electron chi connectivity index (χ4n) is 3.11. The summed E-state index contributed by atoms with van der Waals surface area (Å²) in [6.45, 7) is 1.21. The monoisotopic (exact) mass is 385 g/mol. The average molecular weight is 386 g/mol. The predicted octanol–water partition coefficient (Wildman–Crippen LogP) is 2.73. The van der Waals surface area contributed by atoms with Crippen molar-refractivity contribution >= 4 is 23.4 Å². The van der Waals surface area contributed by atoms with Crippen LogP contribution < -0.4 is 5.32 Å². The number of nitrogens with one attached hydrogen (secondary N) is 1. The van der Waals surface area contributed by atoms with Gasteiger partial charge in [-0.1, -0.05) is 23.7 Å². The van der Waals surface area contributed by atoms with Crippen molar-refractivity contribution < 1.29 is 9.59 Å². The summed E-state index contributed by atoms with van der Waals surface area (Å²) in [6.07, 6.45) is 5.69. The molecule has 0 saturated heterocycles. The molecule has 2 amide bonds. The largest absolute Gasteiger partial charge is 0.356 e. The SMILES string of the molecule is CN(CCc1ccncc1)C(=O)C1CC1C(=O)NCCc1ccc(Cl)cc1. The number of amides is 2. The van der Waals surface area contributed by atoms with E-state index in [-0.39, 0.29) is 23.7 Å². The number of halogens is 1. The van der Waals surface area contributed by atoms with Gasteiger partial charge in [0.1, 0.15) is 0 Å². The molecule has 1 fully saturated rings. The van der Waals surface area contributed by atoms with Crippen molar-refractivity contribution in [3.63, 3.8) is 0 Å². The number of likely N-dealkylation sites (N-methyl/N-ethyl adjacent to an activating group) is 1. The molecule has 1 aliphatic rings. The molecule has 1 aliphatic carbocycles. The van der Waals surface area contributed by atoms with E-state index in [1.165, 1.54) is 0 Å². The van der Waals surface area contributed by atoms with E-state index in [1.807, 2.05) is 36.4 Å². The quantitative estimate of drug-likeness (QED) is 0.760. The Bertz CT molecular complexity index is 780. The Kier molecular flexibility index (Phi) is 6.45. The second kappa shape index (κ2) is 9.00. The van der Waals surface area contributed by atoms with Crippen molar-refractivity contribution in [2.24, 2.45) is 11.8 Å². The summed E-state index contributed by atoms with van der Waals surface area (Å²) in [6, 6.07) is 11.5. The number of hydrogen-bond acceptors (Lipinski definition) is 3. The maximum absolute atomic E-state index is 12.5. The van der Waals surface area contributed by atoms with Gasteiger partial charge in [0.25, 0.3) is 0 Å². The van der Waals surface area contributed by atoms with E-state index in [0.717, 1.165) is 24.0 Å². The van der Waals surface area contributed by atoms with Gasteiger partial charge in [0.2, 0.25) is 11.8 Å². The van der Waals surface area contributed by atoms with Crippen molar-refractivity contribution in [2.75, 3.05) is 20.1 Å². The Labute approximate surface area is 164 Å². The Morgan fingerprint density at radius 3 is 2.44 bits per heavy atom. The Morgan fingerprint density at radius 2 is 1.74 bits per heavy atom. The molecule has 1 saturated carbocycles. The topological polar surface area (TPSA) is 62.3 Å². The molecule has 1 aromatic heterocycles. The van der Waals surface area contributed by atoms with Crippen molar-refractivity contribution in [3.05, 3.63) is 64.9 Å². The molecular weight excluding hydrogens is 362 g/mol. The second-order valence-corrected chi connectivity index (χ2v) is 7.42. The molecule has 6 heteroatoms. The molecule has 0 spiro atoms. The molecular formula is C21H24ClN3O2. The van der Waals surface area contributed by atoms with Crippen LogP contribution in [0.15, 0.2) is 48.8 Å². The molecule has 2 unspecified atom stereocenters. The maximum atomic E-state index is 12.5. The summed E-state index contributed by atoms with van der Waals surface area (Å²) in [4.78, 5) is 30.5. The van der Waals surface area contributed by atoms with Crippen LogP contribution in [0, 0.1) is 11.8 Å². The first-order valence-electron chi connectivity index (χ1n) is 9.20. The van der Waals surface area contributed by atoms with Gasteiger partial charge in [0, 0.05) is 37.6 Å². The van der Waals surface area contributed by atoms with Gasteiger partial charge in [-0.05, 0) is 54.7 Å². The summed E-state index contributed by atoms with van der Waals surface area (Å²) < 4.78 is 0. The minimum atomic E-state index is -0.189. The predicted molar refractivity (Wildman–Crippen MR) is 105 cm³/mol. The Balaban J connectivity index is 1.38. The van der Waals surface area contributed by atoms with E-state index in [2.05, 4.69) is 10.3 Å². The van der Waals surface area contributed by atoms with Crippen LogP contribution in [-0.2, 0) is 22.4 Å². The summed E-state index contributed by atoms with van der Waals surface area (Å²) in [5.41, 5.74) is 2.27. The van der Waals surface area contributed by atoms with Crippen LogP contribution in [0.1, 0.15) is 17.5 Å². The number of rotatable bonds is 8. The van der Waals surface area contributed by atoms with Crippen LogP contribution in [0.25, 0.3) is 0 Å². The smallest absolute Gasteiger partial charge is 0.226 e. The van der Waals surface area contributed by atoms with Crippen molar-refractivity contribution in [1.29, 1.82) is 0 Å². The number of hydrogen-bond donors (Lipinski definition) is 1. The molecule has 1 heterocycles. The summed E-state index contributed by atoms with van der Waals surface area (Å²) in [7, 11) is 1.80. The Morgan fingerprint density at radius 1 is 1.07 bits per heavy atom. The first kappa shape index (κ1) is 19.4.